The van der Waals surface area contributed by atoms with Crippen molar-refractivity contribution in [3.05, 3.63) is 293 Å². The van der Waals surface area contributed by atoms with Crippen molar-refractivity contribution in [2.24, 2.45) is 0 Å². The Bertz CT molecular complexity index is 3850. The van der Waals surface area contributed by atoms with Gasteiger partial charge >= 0.3 is 0 Å². The zero-order chi connectivity index (χ0) is 45.3. The quantitative estimate of drug-likeness (QED) is 0.175. The van der Waals surface area contributed by atoms with Crippen LogP contribution in [0.25, 0.3) is 44.2 Å². The van der Waals surface area contributed by atoms with Gasteiger partial charge in [-0.25, -0.2) is 0 Å². The lowest BCUT2D eigenvalue weighted by atomic mass is 9.66. The van der Waals surface area contributed by atoms with Gasteiger partial charge in [0.1, 0.15) is 11.5 Å². The van der Waals surface area contributed by atoms with Gasteiger partial charge in [-0.1, -0.05) is 200 Å². The first-order chi connectivity index (χ1) is 34.2. The highest BCUT2D eigenvalue weighted by Crippen LogP contribution is 2.65. The molecular weight excluding hydrogens is 855 g/mol. The molecule has 0 radical (unpaired) electrons. The van der Waals surface area contributed by atoms with Gasteiger partial charge in [0.05, 0.1) is 22.2 Å². The van der Waals surface area contributed by atoms with Gasteiger partial charge < -0.3 is 9.64 Å². The number of ether oxygens (including phenoxy) is 1. The van der Waals surface area contributed by atoms with E-state index in [0.717, 1.165) is 45.3 Å². The number of rotatable bonds is 4. The van der Waals surface area contributed by atoms with Gasteiger partial charge in [-0.15, -0.1) is 0 Å². The second-order valence-corrected chi connectivity index (χ2v) is 19.7. The first kappa shape index (κ1) is 38.7. The molecule has 2 aliphatic heterocycles. The molecule has 0 atom stereocenters. The fourth-order valence-electron chi connectivity index (χ4n) is 12.7. The number of benzene rings is 11. The number of hydrogen-bond acceptors (Lipinski definition) is 3. The Kier molecular flexibility index (Phi) is 8.17. The van der Waals surface area contributed by atoms with Crippen LogP contribution in [0.2, 0.25) is 0 Å². The standard InChI is InChI=1S/C66H41NOS/c1-2-19-42(20-3-1)45-22-6-13-31-59(45)67(44-37-38-48-46-23-4-7-25-51(46)65(57(48)40-44)53-27-9-14-33-61(53)68-62-34-15-10-28-54(62)65)60-32-18-21-43-39-50-47-24-5-8-26-52(47)66(58(50)41-49(43)60)55-29-11-16-35-63(55)69-64-36-17-12-30-56(64)66/h1-41H. The van der Waals surface area contributed by atoms with Crippen molar-refractivity contribution in [2.45, 2.75) is 20.6 Å². The summed E-state index contributed by atoms with van der Waals surface area (Å²) in [5.41, 5.74) is 19.7. The summed E-state index contributed by atoms with van der Waals surface area (Å²) < 4.78 is 6.76. The summed E-state index contributed by atoms with van der Waals surface area (Å²) >= 11 is 1.89. The van der Waals surface area contributed by atoms with Crippen LogP contribution in [0, 0.1) is 0 Å². The van der Waals surface area contributed by atoms with E-state index in [2.05, 4.69) is 254 Å². The van der Waals surface area contributed by atoms with Gasteiger partial charge in [0.15, 0.2) is 0 Å². The number of para-hydroxylation sites is 3. The zero-order valence-corrected chi connectivity index (χ0v) is 38.3. The van der Waals surface area contributed by atoms with Crippen LogP contribution >= 0.6 is 11.8 Å². The average Bonchev–Trinajstić information content (AvgIpc) is 3.86. The maximum atomic E-state index is 6.76. The summed E-state index contributed by atoms with van der Waals surface area (Å²) in [5, 5.41) is 2.39. The molecule has 4 aliphatic rings. The SMILES string of the molecule is c1ccc(-c2ccccc2N(c2ccc3c(c2)C2(c4ccccc4Oc4ccccc42)c2ccccc2-3)c2cccc3cc4c(cc23)C2(c3ccccc3Sc3ccccc32)c2ccccc2-4)cc1. The van der Waals surface area contributed by atoms with Gasteiger partial charge in [-0.05, 0) is 127 Å². The van der Waals surface area contributed by atoms with Gasteiger partial charge in [-0.2, -0.15) is 0 Å². The Morgan fingerprint density at radius 3 is 1.49 bits per heavy atom. The number of hydrogen-bond donors (Lipinski definition) is 0. The lowest BCUT2D eigenvalue weighted by molar-refractivity contribution is 0.436. The van der Waals surface area contributed by atoms with Crippen LogP contribution in [0.15, 0.2) is 259 Å². The van der Waals surface area contributed by atoms with Crippen molar-refractivity contribution in [3.63, 3.8) is 0 Å². The van der Waals surface area contributed by atoms with E-state index in [1.165, 1.54) is 81.8 Å². The molecule has 2 nitrogen and oxygen atoms in total. The Hall–Kier alpha value is -8.37. The Morgan fingerprint density at radius 1 is 0.319 bits per heavy atom. The highest BCUT2D eigenvalue weighted by atomic mass is 32.2. The third-order valence-electron chi connectivity index (χ3n) is 15.4. The van der Waals surface area contributed by atoms with E-state index in [1.807, 2.05) is 11.8 Å². The number of anilines is 3. The van der Waals surface area contributed by atoms with Gasteiger partial charge in [0, 0.05) is 37.6 Å². The van der Waals surface area contributed by atoms with Crippen LogP contribution in [0.3, 0.4) is 0 Å². The highest BCUT2D eigenvalue weighted by molar-refractivity contribution is 7.99. The summed E-state index contributed by atoms with van der Waals surface area (Å²) in [6, 6.07) is 92.5. The molecule has 0 saturated heterocycles. The van der Waals surface area contributed by atoms with E-state index < -0.39 is 10.8 Å². The fraction of sp³-hybridized carbons (Fsp3) is 0.0303. The van der Waals surface area contributed by atoms with Crippen LogP contribution in [0.5, 0.6) is 11.5 Å². The van der Waals surface area contributed by atoms with E-state index in [1.54, 1.807) is 0 Å². The third kappa shape index (κ3) is 5.17. The van der Waals surface area contributed by atoms with Crippen LogP contribution < -0.4 is 9.64 Å². The molecule has 0 unspecified atom stereocenters. The van der Waals surface area contributed by atoms with Gasteiger partial charge in [0.25, 0.3) is 0 Å². The topological polar surface area (TPSA) is 12.5 Å². The Balaban J connectivity index is 1.04. The van der Waals surface area contributed by atoms with Crippen molar-refractivity contribution in [1.29, 1.82) is 0 Å². The molecule has 15 rings (SSSR count). The minimum absolute atomic E-state index is 0.506. The minimum Gasteiger partial charge on any atom is -0.457 e. The van der Waals surface area contributed by atoms with Crippen molar-refractivity contribution in [2.75, 3.05) is 4.90 Å². The van der Waals surface area contributed by atoms with Gasteiger partial charge in [0.2, 0.25) is 0 Å². The molecule has 0 fully saturated rings. The largest absolute Gasteiger partial charge is 0.457 e. The molecule has 2 heterocycles. The fourth-order valence-corrected chi connectivity index (χ4v) is 13.9. The average molecular weight is 896 g/mol. The first-order valence-corrected chi connectivity index (χ1v) is 24.6. The van der Waals surface area contributed by atoms with E-state index in [0.29, 0.717) is 0 Å². The molecule has 69 heavy (non-hydrogen) atoms. The van der Waals surface area contributed by atoms with Crippen LogP contribution in [0.4, 0.5) is 17.1 Å². The van der Waals surface area contributed by atoms with Crippen molar-refractivity contribution in [1.82, 2.24) is 0 Å². The van der Waals surface area contributed by atoms with Crippen molar-refractivity contribution >= 4 is 39.6 Å². The molecule has 322 valence electrons. The molecule has 2 spiro atoms. The third-order valence-corrected chi connectivity index (χ3v) is 16.5. The van der Waals surface area contributed by atoms with Crippen molar-refractivity contribution < 1.29 is 4.74 Å². The van der Waals surface area contributed by atoms with E-state index in [9.17, 15) is 0 Å². The van der Waals surface area contributed by atoms with Crippen LogP contribution in [-0.4, -0.2) is 0 Å². The molecule has 0 bridgehead atoms. The lowest BCUT2D eigenvalue weighted by Gasteiger charge is -2.40. The number of nitrogens with zero attached hydrogens (tertiary/aromatic N) is 1. The van der Waals surface area contributed by atoms with E-state index in [-0.39, 0.29) is 0 Å². The maximum absolute atomic E-state index is 6.76. The normalized spacial score (nSPS) is 14.4. The predicted molar refractivity (Wildman–Crippen MR) is 283 cm³/mol. The molecule has 0 saturated carbocycles. The monoisotopic (exact) mass is 895 g/mol. The molecular formula is C66H41NOS. The zero-order valence-electron chi connectivity index (χ0n) is 37.4. The van der Waals surface area contributed by atoms with E-state index >= 15 is 0 Å². The second-order valence-electron chi connectivity index (χ2n) is 18.6. The predicted octanol–water partition coefficient (Wildman–Crippen LogP) is 17.3. The summed E-state index contributed by atoms with van der Waals surface area (Å²) in [5.74, 6) is 1.77. The molecule has 3 heteroatoms. The Labute approximate surface area is 405 Å². The summed E-state index contributed by atoms with van der Waals surface area (Å²) in [6.07, 6.45) is 0. The molecule has 0 N–H and O–H groups in total. The van der Waals surface area contributed by atoms with Crippen LogP contribution in [0.1, 0.15) is 44.5 Å². The smallest absolute Gasteiger partial charge is 0.132 e. The van der Waals surface area contributed by atoms with Gasteiger partial charge in [-0.3, -0.25) is 0 Å². The molecule has 0 amide bonds. The summed E-state index contributed by atoms with van der Waals surface area (Å²) in [7, 11) is 0. The summed E-state index contributed by atoms with van der Waals surface area (Å²) in [6.45, 7) is 0. The lowest BCUT2D eigenvalue weighted by Crippen LogP contribution is -2.32. The van der Waals surface area contributed by atoms with Crippen LogP contribution in [-0.2, 0) is 10.8 Å². The molecule has 11 aromatic rings. The van der Waals surface area contributed by atoms with E-state index in [4.69, 9.17) is 4.74 Å². The molecule has 2 aliphatic carbocycles. The molecule has 11 aromatic carbocycles. The Morgan fingerprint density at radius 2 is 0.812 bits per heavy atom. The second kappa shape index (κ2) is 14.6. The maximum Gasteiger partial charge on any atom is 0.132 e. The van der Waals surface area contributed by atoms with Crippen molar-refractivity contribution in [3.8, 4) is 44.9 Å². The summed E-state index contributed by atoms with van der Waals surface area (Å²) in [4.78, 5) is 5.14. The first-order valence-electron chi connectivity index (χ1n) is 23.8. The minimum atomic E-state index is -0.616. The highest BCUT2D eigenvalue weighted by Gasteiger charge is 2.52. The molecule has 0 aromatic heterocycles. The number of fused-ring (bicyclic) bond motifs is 19.